The fourth-order valence-electron chi connectivity index (χ4n) is 2.21. The largest absolute Gasteiger partial charge is 0.485 e. The molecule has 0 aliphatic heterocycles. The van der Waals surface area contributed by atoms with Gasteiger partial charge in [0, 0.05) is 24.0 Å². The van der Waals surface area contributed by atoms with Crippen molar-refractivity contribution in [2.75, 3.05) is 13.7 Å². The van der Waals surface area contributed by atoms with Gasteiger partial charge in [-0.15, -0.1) is 0 Å². The summed E-state index contributed by atoms with van der Waals surface area (Å²) >= 11 is 3.22. The Morgan fingerprint density at radius 1 is 1.50 bits per heavy atom. The molecule has 0 amide bonds. The van der Waals surface area contributed by atoms with E-state index in [0.717, 1.165) is 13.0 Å². The first-order valence-corrected chi connectivity index (χ1v) is 6.83. The molecule has 1 saturated carbocycles. The smallest absolute Gasteiger partial charge is 0.166 e. The maximum absolute atomic E-state index is 13.6. The van der Waals surface area contributed by atoms with Crippen molar-refractivity contribution in [2.24, 2.45) is 0 Å². The molecule has 1 fully saturated rings. The summed E-state index contributed by atoms with van der Waals surface area (Å²) in [4.78, 5) is 0. The fraction of sp³-hybridized carbons (Fsp3) is 0.538. The van der Waals surface area contributed by atoms with Crippen LogP contribution in [0.2, 0.25) is 0 Å². The highest BCUT2D eigenvalue weighted by atomic mass is 79.9. The molecular weight excluding hydrogens is 301 g/mol. The van der Waals surface area contributed by atoms with E-state index >= 15 is 0 Å². The third-order valence-corrected chi connectivity index (χ3v) is 3.65. The van der Waals surface area contributed by atoms with E-state index in [1.165, 1.54) is 6.07 Å². The molecule has 1 N–H and O–H groups in total. The summed E-state index contributed by atoms with van der Waals surface area (Å²) in [6.07, 6.45) is 0.727. The van der Waals surface area contributed by atoms with E-state index in [4.69, 9.17) is 9.47 Å². The van der Waals surface area contributed by atoms with Crippen molar-refractivity contribution >= 4 is 15.9 Å². The lowest BCUT2D eigenvalue weighted by Gasteiger charge is -2.43. The van der Waals surface area contributed by atoms with E-state index in [9.17, 15) is 4.39 Å². The molecule has 0 heterocycles. The Morgan fingerprint density at radius 2 is 2.28 bits per heavy atom. The molecule has 0 saturated heterocycles. The second kappa shape index (κ2) is 5.99. The number of likely N-dealkylation sites (N-methyl/N-ethyl adjacent to an activating group) is 1. The molecule has 1 aromatic carbocycles. The minimum atomic E-state index is -0.355. The Bertz CT molecular complexity index is 416. The lowest BCUT2D eigenvalue weighted by atomic mass is 9.85. The molecule has 0 spiro atoms. The van der Waals surface area contributed by atoms with E-state index in [0.29, 0.717) is 10.5 Å². The van der Waals surface area contributed by atoms with Gasteiger partial charge in [0.15, 0.2) is 11.6 Å². The third-order valence-electron chi connectivity index (χ3n) is 3.16. The summed E-state index contributed by atoms with van der Waals surface area (Å²) in [5, 5.41) is 3.32. The fourth-order valence-corrected chi connectivity index (χ4v) is 2.54. The predicted octanol–water partition coefficient (Wildman–Crippen LogP) is 2.73. The summed E-state index contributed by atoms with van der Waals surface area (Å²) in [7, 11) is 1.66. The molecule has 3 atom stereocenters. The van der Waals surface area contributed by atoms with Gasteiger partial charge >= 0.3 is 0 Å². The van der Waals surface area contributed by atoms with E-state index in [2.05, 4.69) is 28.2 Å². The van der Waals surface area contributed by atoms with Gasteiger partial charge < -0.3 is 14.8 Å². The van der Waals surface area contributed by atoms with Crippen molar-refractivity contribution in [3.05, 3.63) is 28.5 Å². The van der Waals surface area contributed by atoms with Crippen molar-refractivity contribution < 1.29 is 13.9 Å². The van der Waals surface area contributed by atoms with Gasteiger partial charge in [0.1, 0.15) is 12.2 Å². The van der Waals surface area contributed by atoms with Crippen LogP contribution in [-0.4, -0.2) is 31.9 Å². The molecule has 18 heavy (non-hydrogen) atoms. The van der Waals surface area contributed by atoms with E-state index in [-0.39, 0.29) is 23.8 Å². The lowest BCUT2D eigenvalue weighted by Crippen LogP contribution is -2.60. The normalized spacial score (nSPS) is 26.8. The summed E-state index contributed by atoms with van der Waals surface area (Å²) in [6.45, 7) is 2.94. The number of ether oxygens (including phenoxy) is 2. The highest BCUT2D eigenvalue weighted by molar-refractivity contribution is 9.10. The SMILES string of the molecule is CCNC1CC(Oc2ccc(Br)cc2F)C1OC. The van der Waals surface area contributed by atoms with Crippen LogP contribution in [0.15, 0.2) is 22.7 Å². The van der Waals surface area contributed by atoms with Gasteiger partial charge in [0.05, 0.1) is 0 Å². The van der Waals surface area contributed by atoms with Crippen molar-refractivity contribution in [3.8, 4) is 5.75 Å². The lowest BCUT2D eigenvalue weighted by molar-refractivity contribution is -0.0894. The van der Waals surface area contributed by atoms with Crippen LogP contribution in [0.4, 0.5) is 4.39 Å². The van der Waals surface area contributed by atoms with Gasteiger partial charge in [-0.3, -0.25) is 0 Å². The molecule has 0 bridgehead atoms. The topological polar surface area (TPSA) is 30.5 Å². The van der Waals surface area contributed by atoms with E-state index in [1.54, 1.807) is 19.2 Å². The van der Waals surface area contributed by atoms with Crippen molar-refractivity contribution in [3.63, 3.8) is 0 Å². The second-order valence-corrected chi connectivity index (χ2v) is 5.25. The maximum Gasteiger partial charge on any atom is 0.166 e. The zero-order valence-electron chi connectivity index (χ0n) is 10.5. The molecule has 100 valence electrons. The Hall–Kier alpha value is -0.650. The number of halogens is 2. The second-order valence-electron chi connectivity index (χ2n) is 4.33. The van der Waals surface area contributed by atoms with Gasteiger partial charge in [-0.1, -0.05) is 22.9 Å². The zero-order chi connectivity index (χ0) is 13.1. The Kier molecular flexibility index (Phi) is 4.59. The Morgan fingerprint density at radius 3 is 2.89 bits per heavy atom. The van der Waals surface area contributed by atoms with Crippen LogP contribution in [0, 0.1) is 5.82 Å². The highest BCUT2D eigenvalue weighted by Crippen LogP contribution is 2.30. The number of nitrogens with one attached hydrogen (secondary N) is 1. The van der Waals surface area contributed by atoms with Crippen molar-refractivity contribution in [2.45, 2.75) is 31.6 Å². The van der Waals surface area contributed by atoms with Crippen LogP contribution in [0.5, 0.6) is 5.75 Å². The minimum absolute atomic E-state index is 0.0204. The number of hydrogen-bond donors (Lipinski definition) is 1. The standard InChI is InChI=1S/C13H17BrFNO2/c1-3-16-10-7-12(13(10)17-2)18-11-5-4-8(14)6-9(11)15/h4-6,10,12-13,16H,3,7H2,1-2H3. The summed E-state index contributed by atoms with van der Waals surface area (Å²) < 4.78 is 25.4. The summed E-state index contributed by atoms with van der Waals surface area (Å²) in [5.74, 6) is -0.0775. The van der Waals surface area contributed by atoms with Crippen molar-refractivity contribution in [1.82, 2.24) is 5.32 Å². The molecule has 5 heteroatoms. The third kappa shape index (κ3) is 2.84. The van der Waals surface area contributed by atoms with Gasteiger partial charge in [0.25, 0.3) is 0 Å². The molecule has 0 radical (unpaired) electrons. The first-order valence-electron chi connectivity index (χ1n) is 6.03. The molecule has 1 aromatic rings. The number of hydrogen-bond acceptors (Lipinski definition) is 3. The van der Waals surface area contributed by atoms with Gasteiger partial charge in [0.2, 0.25) is 0 Å². The number of methoxy groups -OCH3 is 1. The average molecular weight is 318 g/mol. The number of rotatable bonds is 5. The Labute approximate surface area is 115 Å². The van der Waals surface area contributed by atoms with E-state index in [1.807, 2.05) is 0 Å². The summed E-state index contributed by atoms with van der Waals surface area (Å²) in [5.41, 5.74) is 0. The summed E-state index contributed by atoms with van der Waals surface area (Å²) in [6, 6.07) is 5.09. The molecule has 1 aliphatic rings. The molecule has 2 rings (SSSR count). The van der Waals surface area contributed by atoms with Crippen molar-refractivity contribution in [1.29, 1.82) is 0 Å². The van der Waals surface area contributed by atoms with Crippen LogP contribution in [0.1, 0.15) is 13.3 Å². The predicted molar refractivity (Wildman–Crippen MR) is 71.4 cm³/mol. The highest BCUT2D eigenvalue weighted by Gasteiger charge is 2.43. The van der Waals surface area contributed by atoms with Gasteiger partial charge in [-0.05, 0) is 24.7 Å². The van der Waals surface area contributed by atoms with Crippen LogP contribution in [0.3, 0.4) is 0 Å². The quantitative estimate of drug-likeness (QED) is 0.905. The van der Waals surface area contributed by atoms with Gasteiger partial charge in [-0.25, -0.2) is 4.39 Å². The first-order chi connectivity index (χ1) is 8.65. The first kappa shape index (κ1) is 13.8. The minimum Gasteiger partial charge on any atom is -0.485 e. The monoisotopic (exact) mass is 317 g/mol. The molecular formula is C13H17BrFNO2. The van der Waals surface area contributed by atoms with E-state index < -0.39 is 0 Å². The molecule has 3 nitrogen and oxygen atoms in total. The van der Waals surface area contributed by atoms with Crippen LogP contribution in [-0.2, 0) is 4.74 Å². The molecule has 1 aliphatic carbocycles. The number of benzene rings is 1. The Balaban J connectivity index is 1.98. The van der Waals surface area contributed by atoms with Crippen LogP contribution < -0.4 is 10.1 Å². The maximum atomic E-state index is 13.6. The van der Waals surface area contributed by atoms with Crippen LogP contribution in [0.25, 0.3) is 0 Å². The zero-order valence-corrected chi connectivity index (χ0v) is 12.0. The van der Waals surface area contributed by atoms with Crippen LogP contribution >= 0.6 is 15.9 Å². The molecule has 0 aromatic heterocycles. The average Bonchev–Trinajstić information content (AvgIpc) is 2.31. The van der Waals surface area contributed by atoms with Gasteiger partial charge in [-0.2, -0.15) is 0 Å². The molecule has 3 unspecified atom stereocenters.